The molecule has 0 bridgehead atoms. The summed E-state index contributed by atoms with van der Waals surface area (Å²) < 4.78 is 34.9. The van der Waals surface area contributed by atoms with Gasteiger partial charge < -0.3 is 19.7 Å². The Morgan fingerprint density at radius 2 is 1.81 bits per heavy atom. The number of fused-ring (bicyclic) bond motifs is 1. The van der Waals surface area contributed by atoms with Crippen LogP contribution in [0.4, 0.5) is 17.3 Å². The number of para-hydroxylation sites is 2. The second-order valence-electron chi connectivity index (χ2n) is 6.75. The summed E-state index contributed by atoms with van der Waals surface area (Å²) in [4.78, 5) is 12.9. The number of aliphatic hydroxyl groups excluding tert-OH is 1. The summed E-state index contributed by atoms with van der Waals surface area (Å²) >= 11 is 0. The van der Waals surface area contributed by atoms with Crippen LogP contribution in [0, 0.1) is 0 Å². The maximum Gasteiger partial charge on any atom is 0.282 e. The summed E-state index contributed by atoms with van der Waals surface area (Å²) in [6.45, 7) is -0.186. The van der Waals surface area contributed by atoms with Gasteiger partial charge in [-0.1, -0.05) is 12.1 Å². The number of benzene rings is 2. The van der Waals surface area contributed by atoms with E-state index in [1.807, 2.05) is 6.07 Å². The molecule has 4 aromatic rings. The number of hydrogen-bond acceptors (Lipinski definition) is 8. The van der Waals surface area contributed by atoms with E-state index in [0.717, 1.165) is 0 Å². The van der Waals surface area contributed by atoms with Gasteiger partial charge in [-0.2, -0.15) is 8.42 Å². The Labute approximate surface area is 178 Å². The van der Waals surface area contributed by atoms with Crippen molar-refractivity contribution in [2.45, 2.75) is 11.6 Å². The molecule has 0 aliphatic carbocycles. The van der Waals surface area contributed by atoms with Crippen molar-refractivity contribution in [3.63, 3.8) is 0 Å². The largest absolute Gasteiger partial charge is 0.497 e. The van der Waals surface area contributed by atoms with Crippen LogP contribution in [-0.2, 0) is 23.7 Å². The Kier molecular flexibility index (Phi) is 5.44. The number of hydrogen-bond donors (Lipinski definition) is 3. The fraction of sp³-hybridized carbons (Fsp3) is 0.150. The number of ether oxygens (including phenoxy) is 1. The molecule has 0 aliphatic heterocycles. The lowest BCUT2D eigenvalue weighted by Crippen LogP contribution is -2.16. The van der Waals surface area contributed by atoms with Gasteiger partial charge in [0, 0.05) is 25.0 Å². The fourth-order valence-corrected chi connectivity index (χ4v) is 3.94. The zero-order chi connectivity index (χ0) is 22.0. The quantitative estimate of drug-likeness (QED) is 0.399. The van der Waals surface area contributed by atoms with Crippen LogP contribution in [0.3, 0.4) is 0 Å². The van der Waals surface area contributed by atoms with E-state index in [9.17, 15) is 13.5 Å². The van der Waals surface area contributed by atoms with E-state index >= 15 is 0 Å². The molecule has 10 nitrogen and oxygen atoms in total. The first-order valence-electron chi connectivity index (χ1n) is 9.21. The number of anilines is 3. The average Bonchev–Trinajstić information content (AvgIpc) is 3.21. The topological polar surface area (TPSA) is 131 Å². The van der Waals surface area contributed by atoms with Crippen molar-refractivity contribution in [2.24, 2.45) is 7.05 Å². The lowest BCUT2D eigenvalue weighted by Gasteiger charge is -2.14. The minimum atomic E-state index is -3.99. The third-order valence-corrected chi connectivity index (χ3v) is 5.63. The van der Waals surface area contributed by atoms with Gasteiger partial charge in [-0.3, -0.25) is 4.72 Å². The zero-order valence-corrected chi connectivity index (χ0v) is 17.6. The van der Waals surface area contributed by atoms with E-state index < -0.39 is 10.0 Å². The molecule has 2 aromatic heterocycles. The number of methoxy groups -OCH3 is 1. The second-order valence-corrected chi connectivity index (χ2v) is 8.37. The molecule has 0 radical (unpaired) electrons. The van der Waals surface area contributed by atoms with Crippen molar-refractivity contribution < 1.29 is 18.3 Å². The Balaban J connectivity index is 1.79. The predicted octanol–water partition coefficient (Wildman–Crippen LogP) is 2.41. The van der Waals surface area contributed by atoms with Crippen LogP contribution >= 0.6 is 0 Å². The van der Waals surface area contributed by atoms with Gasteiger partial charge in [-0.15, -0.1) is 0 Å². The van der Waals surface area contributed by atoms with E-state index in [1.165, 1.54) is 24.2 Å². The van der Waals surface area contributed by atoms with Gasteiger partial charge in [0.25, 0.3) is 10.0 Å². The molecule has 3 N–H and O–H groups in total. The third-order valence-electron chi connectivity index (χ3n) is 4.41. The molecular weight excluding hydrogens is 420 g/mol. The summed E-state index contributed by atoms with van der Waals surface area (Å²) in [5.41, 5.74) is 2.27. The second kappa shape index (κ2) is 8.20. The van der Waals surface area contributed by atoms with E-state index in [-0.39, 0.29) is 23.3 Å². The third kappa shape index (κ3) is 4.42. The molecular formula is C20H20N6O4S. The van der Waals surface area contributed by atoms with Gasteiger partial charge in [0.2, 0.25) is 0 Å². The lowest BCUT2D eigenvalue weighted by atomic mass is 10.2. The Bertz CT molecular complexity index is 1330. The summed E-state index contributed by atoms with van der Waals surface area (Å²) in [6.07, 6.45) is 2.78. The SMILES string of the molecule is COc1cc(CO)cc(Nc2nc3ccccc3nc2NS(=O)(=O)c2cn(C)cn2)c1. The van der Waals surface area contributed by atoms with Crippen LogP contribution in [0.15, 0.2) is 60.0 Å². The molecule has 11 heteroatoms. The minimum Gasteiger partial charge on any atom is -0.497 e. The predicted molar refractivity (Wildman–Crippen MR) is 116 cm³/mol. The molecule has 160 valence electrons. The van der Waals surface area contributed by atoms with Crippen LogP contribution in [0.2, 0.25) is 0 Å². The molecule has 2 aromatic carbocycles. The first kappa shape index (κ1) is 20.6. The Hall–Kier alpha value is -3.70. The molecule has 2 heterocycles. The fourth-order valence-electron chi connectivity index (χ4n) is 2.94. The summed E-state index contributed by atoms with van der Waals surface area (Å²) in [5.74, 6) is 0.728. The number of aliphatic hydroxyl groups is 1. The van der Waals surface area contributed by atoms with Crippen LogP contribution in [0.5, 0.6) is 5.75 Å². The first-order valence-corrected chi connectivity index (χ1v) is 10.7. The first-order chi connectivity index (χ1) is 14.9. The Morgan fingerprint density at radius 3 is 2.42 bits per heavy atom. The van der Waals surface area contributed by atoms with E-state index in [1.54, 1.807) is 43.4 Å². The molecule has 0 saturated carbocycles. The number of nitrogens with zero attached hydrogens (tertiary/aromatic N) is 4. The normalized spacial score (nSPS) is 11.5. The highest BCUT2D eigenvalue weighted by molar-refractivity contribution is 7.92. The van der Waals surface area contributed by atoms with Crippen molar-refractivity contribution in [1.82, 2.24) is 19.5 Å². The number of imidazole rings is 1. The smallest absolute Gasteiger partial charge is 0.282 e. The number of rotatable bonds is 7. The van der Waals surface area contributed by atoms with Crippen LogP contribution in [0.25, 0.3) is 11.0 Å². The van der Waals surface area contributed by atoms with Crippen molar-refractivity contribution in [3.05, 3.63) is 60.6 Å². The van der Waals surface area contributed by atoms with Crippen LogP contribution in [-0.4, -0.2) is 40.2 Å². The van der Waals surface area contributed by atoms with Crippen molar-refractivity contribution in [2.75, 3.05) is 17.1 Å². The van der Waals surface area contributed by atoms with Crippen molar-refractivity contribution in [1.29, 1.82) is 0 Å². The molecule has 0 atom stereocenters. The highest BCUT2D eigenvalue weighted by Gasteiger charge is 2.21. The van der Waals surface area contributed by atoms with Crippen molar-refractivity contribution >= 4 is 38.4 Å². The molecule has 0 amide bonds. The van der Waals surface area contributed by atoms with Gasteiger partial charge in [0.05, 0.1) is 31.1 Å². The van der Waals surface area contributed by atoms with Gasteiger partial charge >= 0.3 is 0 Å². The van der Waals surface area contributed by atoms with E-state index in [0.29, 0.717) is 28.0 Å². The van der Waals surface area contributed by atoms with Gasteiger partial charge in [-0.25, -0.2) is 15.0 Å². The summed E-state index contributed by atoms with van der Waals surface area (Å²) in [7, 11) is -0.797. The number of aryl methyl sites for hydroxylation is 1. The van der Waals surface area contributed by atoms with E-state index in [2.05, 4.69) is 25.0 Å². The number of sulfonamides is 1. The Morgan fingerprint density at radius 1 is 1.10 bits per heavy atom. The molecule has 0 aliphatic rings. The maximum atomic E-state index is 12.8. The zero-order valence-electron chi connectivity index (χ0n) is 16.8. The van der Waals surface area contributed by atoms with Gasteiger partial charge in [-0.05, 0) is 29.8 Å². The number of aromatic nitrogens is 4. The molecule has 0 unspecified atom stereocenters. The molecule has 0 saturated heterocycles. The summed E-state index contributed by atoms with van der Waals surface area (Å²) in [5, 5.41) is 12.5. The standard InChI is InChI=1S/C20H20N6O4S/c1-26-10-18(21-12-26)31(28,29)25-20-19(23-16-5-3-4-6-17(16)24-20)22-14-7-13(11-27)8-15(9-14)30-2/h3-10,12,27H,11H2,1-2H3,(H,22,23)(H,24,25). The monoisotopic (exact) mass is 440 g/mol. The highest BCUT2D eigenvalue weighted by Crippen LogP contribution is 2.29. The molecule has 0 spiro atoms. The van der Waals surface area contributed by atoms with Crippen LogP contribution in [0.1, 0.15) is 5.56 Å². The van der Waals surface area contributed by atoms with Crippen LogP contribution < -0.4 is 14.8 Å². The van der Waals surface area contributed by atoms with Gasteiger partial charge in [0.15, 0.2) is 16.7 Å². The van der Waals surface area contributed by atoms with Gasteiger partial charge in [0.1, 0.15) is 5.75 Å². The minimum absolute atomic E-state index is 0.0118. The highest BCUT2D eigenvalue weighted by atomic mass is 32.2. The maximum absolute atomic E-state index is 12.8. The van der Waals surface area contributed by atoms with E-state index in [4.69, 9.17) is 4.74 Å². The molecule has 31 heavy (non-hydrogen) atoms. The molecule has 0 fully saturated rings. The molecule has 4 rings (SSSR count). The van der Waals surface area contributed by atoms with Crippen molar-refractivity contribution in [3.8, 4) is 5.75 Å². The summed E-state index contributed by atoms with van der Waals surface area (Å²) in [6, 6.07) is 12.2. The average molecular weight is 440 g/mol. The lowest BCUT2D eigenvalue weighted by molar-refractivity contribution is 0.281. The number of nitrogens with one attached hydrogen (secondary N) is 2.